The molecule has 0 bridgehead atoms. The van der Waals surface area contributed by atoms with Crippen LogP contribution < -0.4 is 5.32 Å². The van der Waals surface area contributed by atoms with Crippen molar-refractivity contribution in [2.75, 3.05) is 39.0 Å². The van der Waals surface area contributed by atoms with Crippen molar-refractivity contribution in [2.24, 2.45) is 0 Å². The molecule has 0 saturated carbocycles. The average Bonchev–Trinajstić information content (AvgIpc) is 3.28. The van der Waals surface area contributed by atoms with Crippen LogP contribution in [0.2, 0.25) is 0 Å². The first kappa shape index (κ1) is 28.3. The van der Waals surface area contributed by atoms with E-state index in [9.17, 15) is 22.2 Å². The maximum Gasteiger partial charge on any atom is 0.416 e. The minimum Gasteiger partial charge on any atom is -0.354 e. The second kappa shape index (κ2) is 13.3. The maximum atomic E-state index is 13.0. The zero-order valence-corrected chi connectivity index (χ0v) is 21.8. The van der Waals surface area contributed by atoms with Crippen LogP contribution in [0.4, 0.5) is 13.2 Å². The van der Waals surface area contributed by atoms with Gasteiger partial charge in [-0.15, -0.1) is 0 Å². The molecule has 11 heteroatoms. The van der Waals surface area contributed by atoms with Crippen LogP contribution in [0.1, 0.15) is 49.4 Å². The van der Waals surface area contributed by atoms with Gasteiger partial charge in [0.15, 0.2) is 0 Å². The summed E-state index contributed by atoms with van der Waals surface area (Å²) in [6.45, 7) is 5.85. The summed E-state index contributed by atoms with van der Waals surface area (Å²) in [5, 5.41) is 2.98. The molecule has 2 atom stereocenters. The van der Waals surface area contributed by atoms with E-state index >= 15 is 0 Å². The molecule has 200 valence electrons. The van der Waals surface area contributed by atoms with E-state index in [0.29, 0.717) is 32.6 Å². The van der Waals surface area contributed by atoms with E-state index in [1.165, 1.54) is 31.4 Å². The lowest BCUT2D eigenvalue weighted by atomic mass is 10.1. The minimum atomic E-state index is -4.36. The summed E-state index contributed by atoms with van der Waals surface area (Å²) in [5.41, 5.74) is 0.921. The van der Waals surface area contributed by atoms with Crippen molar-refractivity contribution in [1.29, 1.82) is 0 Å². The molecular formula is C25H36F3N5O2S. The van der Waals surface area contributed by atoms with E-state index in [1.807, 2.05) is 4.57 Å². The molecule has 1 aromatic heterocycles. The number of carbonyl (C=O) groups is 1. The van der Waals surface area contributed by atoms with Gasteiger partial charge in [-0.3, -0.25) is 9.69 Å². The van der Waals surface area contributed by atoms with Gasteiger partial charge < -0.3 is 9.88 Å². The molecule has 0 radical (unpaired) electrons. The number of carbonyl (C=O) groups excluding carboxylic acids is 1. The Bertz CT molecular complexity index is 996. The number of aromatic nitrogens is 2. The molecule has 1 aromatic carbocycles. The first-order valence-electron chi connectivity index (χ1n) is 12.4. The fourth-order valence-corrected chi connectivity index (χ4v) is 5.30. The van der Waals surface area contributed by atoms with Gasteiger partial charge in [-0.05, 0) is 30.7 Å². The van der Waals surface area contributed by atoms with Crippen molar-refractivity contribution in [3.8, 4) is 0 Å². The minimum absolute atomic E-state index is 0.141. The average molecular weight is 528 g/mol. The standard InChI is InChI=1S/C25H36F3N5O2S/c1-3-4-5-6-13-31-14-15-33(36(2)35)23(18-31)24(34)30-12-11-22-16-29-19-32(22)17-20-7-9-21(10-8-20)25(26,27)28/h7-10,16,19,23H,3-6,11-15,17-18H2,1-2H3,(H,30,34). The number of unbranched alkanes of at least 4 members (excludes halogenated alkanes) is 3. The van der Waals surface area contributed by atoms with E-state index in [-0.39, 0.29) is 5.91 Å². The number of rotatable bonds is 12. The molecule has 1 fully saturated rings. The number of hydrogen-bond donors (Lipinski definition) is 1. The monoisotopic (exact) mass is 527 g/mol. The second-order valence-electron chi connectivity index (χ2n) is 9.19. The van der Waals surface area contributed by atoms with Crippen molar-refractivity contribution < 1.29 is 22.2 Å². The Morgan fingerprint density at radius 2 is 1.92 bits per heavy atom. The van der Waals surface area contributed by atoms with E-state index in [4.69, 9.17) is 0 Å². The van der Waals surface area contributed by atoms with Crippen molar-refractivity contribution in [3.05, 3.63) is 53.6 Å². The third kappa shape index (κ3) is 8.14. The van der Waals surface area contributed by atoms with Gasteiger partial charge in [-0.1, -0.05) is 38.3 Å². The van der Waals surface area contributed by atoms with Crippen molar-refractivity contribution in [1.82, 2.24) is 24.1 Å². The highest BCUT2D eigenvalue weighted by atomic mass is 32.2. The smallest absolute Gasteiger partial charge is 0.354 e. The fourth-order valence-electron chi connectivity index (χ4n) is 4.44. The van der Waals surface area contributed by atoms with Gasteiger partial charge in [0, 0.05) is 57.3 Å². The van der Waals surface area contributed by atoms with Crippen LogP contribution in [0.25, 0.3) is 0 Å². The summed E-state index contributed by atoms with van der Waals surface area (Å²) < 4.78 is 54.3. The number of nitrogens with one attached hydrogen (secondary N) is 1. The summed E-state index contributed by atoms with van der Waals surface area (Å²) in [6.07, 6.45) is 5.76. The van der Waals surface area contributed by atoms with Crippen LogP contribution in [0.15, 0.2) is 36.8 Å². The molecule has 0 spiro atoms. The number of piperazine rings is 1. The summed E-state index contributed by atoms with van der Waals surface area (Å²) in [6, 6.07) is 4.61. The van der Waals surface area contributed by atoms with Crippen molar-refractivity contribution in [3.63, 3.8) is 0 Å². The topological polar surface area (TPSA) is 70.5 Å². The number of alkyl halides is 3. The molecule has 1 saturated heterocycles. The molecule has 1 aliphatic heterocycles. The van der Waals surface area contributed by atoms with Gasteiger partial charge in [0.25, 0.3) is 0 Å². The van der Waals surface area contributed by atoms with Crippen LogP contribution in [0, 0.1) is 0 Å². The number of nitrogens with zero attached hydrogens (tertiary/aromatic N) is 4. The van der Waals surface area contributed by atoms with Crippen LogP contribution in [0.5, 0.6) is 0 Å². The number of amides is 1. The molecular weight excluding hydrogens is 491 g/mol. The molecule has 36 heavy (non-hydrogen) atoms. The number of halogens is 3. The van der Waals surface area contributed by atoms with E-state index in [2.05, 4.69) is 22.1 Å². The molecule has 1 aliphatic rings. The summed E-state index contributed by atoms with van der Waals surface area (Å²) in [7, 11) is -1.23. The Hall–Kier alpha value is -2.24. The van der Waals surface area contributed by atoms with Crippen molar-refractivity contribution >= 4 is 16.9 Å². The second-order valence-corrected chi connectivity index (χ2v) is 10.5. The summed E-state index contributed by atoms with van der Waals surface area (Å²) in [4.78, 5) is 19.5. The highest BCUT2D eigenvalue weighted by molar-refractivity contribution is 7.81. The number of benzene rings is 1. The summed E-state index contributed by atoms with van der Waals surface area (Å²) in [5.74, 6) is -0.141. The Balaban J connectivity index is 1.53. The highest BCUT2D eigenvalue weighted by Gasteiger charge is 2.34. The van der Waals surface area contributed by atoms with Gasteiger partial charge in [-0.25, -0.2) is 13.5 Å². The van der Waals surface area contributed by atoms with E-state index in [1.54, 1.807) is 23.1 Å². The lowest BCUT2D eigenvalue weighted by molar-refractivity contribution is -0.137. The number of imidazole rings is 1. The predicted octanol–water partition coefficient (Wildman–Crippen LogP) is 3.47. The summed E-state index contributed by atoms with van der Waals surface area (Å²) >= 11 is 0. The van der Waals surface area contributed by atoms with Gasteiger partial charge in [0.2, 0.25) is 5.91 Å². The van der Waals surface area contributed by atoms with Gasteiger partial charge >= 0.3 is 6.18 Å². The third-order valence-corrected chi connectivity index (χ3v) is 7.59. The van der Waals surface area contributed by atoms with Crippen LogP contribution in [-0.2, 0) is 34.9 Å². The molecule has 2 heterocycles. The van der Waals surface area contributed by atoms with E-state index < -0.39 is 28.8 Å². The predicted molar refractivity (Wildman–Crippen MR) is 135 cm³/mol. The molecule has 2 unspecified atom stereocenters. The van der Waals surface area contributed by atoms with Crippen molar-refractivity contribution in [2.45, 2.75) is 57.8 Å². The quantitative estimate of drug-likeness (QED) is 0.429. The van der Waals surface area contributed by atoms with E-state index in [0.717, 1.165) is 42.9 Å². The lowest BCUT2D eigenvalue weighted by Crippen LogP contribution is -2.59. The molecule has 3 rings (SSSR count). The zero-order valence-electron chi connectivity index (χ0n) is 21.0. The fraction of sp³-hybridized carbons (Fsp3) is 0.600. The largest absolute Gasteiger partial charge is 0.416 e. The molecule has 7 nitrogen and oxygen atoms in total. The maximum absolute atomic E-state index is 13.0. The Morgan fingerprint density at radius 3 is 2.58 bits per heavy atom. The zero-order chi connectivity index (χ0) is 26.1. The lowest BCUT2D eigenvalue weighted by Gasteiger charge is -2.39. The van der Waals surface area contributed by atoms with Crippen LogP contribution in [-0.4, -0.2) is 73.9 Å². The molecule has 1 N–H and O–H groups in total. The Labute approximate surface area is 213 Å². The SMILES string of the molecule is CCCCCCN1CCN(S(C)=O)C(C(=O)NCCc2cncn2Cc2ccc(C(F)(F)F)cc2)C1. The number of hydrogen-bond acceptors (Lipinski definition) is 4. The van der Waals surface area contributed by atoms with Crippen LogP contribution >= 0.6 is 0 Å². The first-order chi connectivity index (χ1) is 17.2. The first-order valence-corrected chi connectivity index (χ1v) is 14.0. The third-order valence-electron chi connectivity index (χ3n) is 6.49. The normalized spacial score (nSPS) is 18.3. The van der Waals surface area contributed by atoms with Gasteiger partial charge in [0.1, 0.15) is 6.04 Å². The van der Waals surface area contributed by atoms with Gasteiger partial charge in [0.05, 0.1) is 22.9 Å². The molecule has 2 aromatic rings. The highest BCUT2D eigenvalue weighted by Crippen LogP contribution is 2.29. The Kier molecular flexibility index (Phi) is 10.5. The Morgan fingerprint density at radius 1 is 1.17 bits per heavy atom. The molecule has 1 amide bonds. The van der Waals surface area contributed by atoms with Crippen LogP contribution in [0.3, 0.4) is 0 Å². The van der Waals surface area contributed by atoms with Gasteiger partial charge in [-0.2, -0.15) is 13.2 Å². The molecule has 0 aliphatic carbocycles.